The van der Waals surface area contributed by atoms with Crippen molar-refractivity contribution >= 4 is 44.8 Å². The number of benzene rings is 3. The van der Waals surface area contributed by atoms with E-state index in [2.05, 4.69) is 5.32 Å². The standard InChI is InChI=1S/C21H18Cl2N2O4S/c1-25(2)30(27,28)20-12-14(8-10-17(20)23)21(26)24-18-13-15(22)9-11-19(18)29-16-6-4-3-5-7-16/h3-13H,1-2H3,(H,24,26). The normalized spacial score (nSPS) is 11.4. The van der Waals surface area contributed by atoms with Gasteiger partial charge < -0.3 is 10.1 Å². The van der Waals surface area contributed by atoms with Crippen molar-refractivity contribution in [3.8, 4) is 11.5 Å². The van der Waals surface area contributed by atoms with Gasteiger partial charge in [-0.2, -0.15) is 0 Å². The minimum atomic E-state index is -3.82. The molecule has 0 aliphatic heterocycles. The lowest BCUT2D eigenvalue weighted by atomic mass is 10.2. The Bertz CT molecular complexity index is 1180. The summed E-state index contributed by atoms with van der Waals surface area (Å²) in [6.45, 7) is 0. The van der Waals surface area contributed by atoms with Crippen LogP contribution in [0.1, 0.15) is 10.4 Å². The van der Waals surface area contributed by atoms with Crippen molar-refractivity contribution in [3.63, 3.8) is 0 Å². The van der Waals surface area contributed by atoms with Gasteiger partial charge in [-0.05, 0) is 48.5 Å². The average Bonchev–Trinajstić information content (AvgIpc) is 2.70. The summed E-state index contributed by atoms with van der Waals surface area (Å²) in [7, 11) is -1.04. The minimum absolute atomic E-state index is 0.0242. The third-order valence-corrected chi connectivity index (χ3v) is 6.64. The van der Waals surface area contributed by atoms with Gasteiger partial charge >= 0.3 is 0 Å². The van der Waals surface area contributed by atoms with Gasteiger partial charge in [-0.25, -0.2) is 12.7 Å². The molecule has 0 radical (unpaired) electrons. The number of rotatable bonds is 6. The Morgan fingerprint density at radius 1 is 0.967 bits per heavy atom. The molecule has 0 aromatic heterocycles. The zero-order valence-electron chi connectivity index (χ0n) is 16.1. The lowest BCUT2D eigenvalue weighted by Gasteiger charge is -2.15. The van der Waals surface area contributed by atoms with E-state index in [9.17, 15) is 13.2 Å². The molecule has 0 spiro atoms. The van der Waals surface area contributed by atoms with Crippen molar-refractivity contribution < 1.29 is 17.9 Å². The van der Waals surface area contributed by atoms with E-state index in [1.807, 2.05) is 18.2 Å². The molecule has 156 valence electrons. The second kappa shape index (κ2) is 9.06. The van der Waals surface area contributed by atoms with Gasteiger partial charge in [0.05, 0.1) is 10.7 Å². The van der Waals surface area contributed by atoms with Crippen molar-refractivity contribution in [2.75, 3.05) is 19.4 Å². The number of para-hydroxylation sites is 1. The molecule has 3 aromatic rings. The highest BCUT2D eigenvalue weighted by Gasteiger charge is 2.23. The Morgan fingerprint density at radius 2 is 1.67 bits per heavy atom. The number of hydrogen-bond acceptors (Lipinski definition) is 4. The van der Waals surface area contributed by atoms with Crippen LogP contribution in [-0.4, -0.2) is 32.7 Å². The molecule has 0 unspecified atom stereocenters. The predicted molar refractivity (Wildman–Crippen MR) is 118 cm³/mol. The van der Waals surface area contributed by atoms with Gasteiger partial charge in [0.2, 0.25) is 10.0 Å². The smallest absolute Gasteiger partial charge is 0.255 e. The largest absolute Gasteiger partial charge is 0.455 e. The number of sulfonamides is 1. The van der Waals surface area contributed by atoms with Gasteiger partial charge in [0.15, 0.2) is 5.75 Å². The summed E-state index contributed by atoms with van der Waals surface area (Å²) in [5.74, 6) is 0.428. The molecule has 0 heterocycles. The molecule has 0 atom stereocenters. The van der Waals surface area contributed by atoms with Crippen LogP contribution in [-0.2, 0) is 10.0 Å². The third-order valence-electron chi connectivity index (χ3n) is 4.11. The van der Waals surface area contributed by atoms with Crippen LogP contribution in [0.25, 0.3) is 0 Å². The molecule has 0 aliphatic rings. The van der Waals surface area contributed by atoms with Crippen LogP contribution < -0.4 is 10.1 Å². The maximum Gasteiger partial charge on any atom is 0.255 e. The topological polar surface area (TPSA) is 75.7 Å². The lowest BCUT2D eigenvalue weighted by Crippen LogP contribution is -2.23. The zero-order valence-corrected chi connectivity index (χ0v) is 18.4. The number of halogens is 2. The van der Waals surface area contributed by atoms with Crippen LogP contribution in [0.5, 0.6) is 11.5 Å². The van der Waals surface area contributed by atoms with Crippen molar-refractivity contribution in [1.82, 2.24) is 4.31 Å². The minimum Gasteiger partial charge on any atom is -0.455 e. The van der Waals surface area contributed by atoms with Crippen LogP contribution >= 0.6 is 23.2 Å². The summed E-state index contributed by atoms with van der Waals surface area (Å²) >= 11 is 12.1. The maximum atomic E-state index is 12.8. The fourth-order valence-corrected chi connectivity index (χ4v) is 4.10. The third kappa shape index (κ3) is 4.94. The first-order valence-electron chi connectivity index (χ1n) is 8.74. The summed E-state index contributed by atoms with van der Waals surface area (Å²) in [6.07, 6.45) is 0. The van der Waals surface area contributed by atoms with E-state index in [0.29, 0.717) is 22.2 Å². The highest BCUT2D eigenvalue weighted by atomic mass is 35.5. The SMILES string of the molecule is CN(C)S(=O)(=O)c1cc(C(=O)Nc2cc(Cl)ccc2Oc2ccccc2)ccc1Cl. The van der Waals surface area contributed by atoms with Gasteiger partial charge in [0.25, 0.3) is 5.91 Å². The molecule has 6 nitrogen and oxygen atoms in total. The lowest BCUT2D eigenvalue weighted by molar-refractivity contribution is 0.102. The molecule has 3 rings (SSSR count). The van der Waals surface area contributed by atoms with E-state index in [1.54, 1.807) is 30.3 Å². The molecule has 0 saturated carbocycles. The fraction of sp³-hybridized carbons (Fsp3) is 0.0952. The number of carbonyl (C=O) groups excluding carboxylic acids is 1. The molecule has 30 heavy (non-hydrogen) atoms. The van der Waals surface area contributed by atoms with Crippen molar-refractivity contribution in [2.24, 2.45) is 0 Å². The Kier molecular flexibility index (Phi) is 6.67. The summed E-state index contributed by atoms with van der Waals surface area (Å²) in [4.78, 5) is 12.7. The molecule has 1 amide bonds. The molecular weight excluding hydrogens is 447 g/mol. The predicted octanol–water partition coefficient (Wildman–Crippen LogP) is 5.29. The van der Waals surface area contributed by atoms with E-state index in [4.69, 9.17) is 27.9 Å². The highest BCUT2D eigenvalue weighted by molar-refractivity contribution is 7.89. The molecule has 1 N–H and O–H groups in total. The van der Waals surface area contributed by atoms with Gasteiger partial charge in [-0.15, -0.1) is 0 Å². The molecular formula is C21H18Cl2N2O4S. The first-order valence-corrected chi connectivity index (χ1v) is 10.9. The second-order valence-electron chi connectivity index (χ2n) is 6.44. The number of ether oxygens (including phenoxy) is 1. The van der Waals surface area contributed by atoms with Gasteiger partial charge in [0, 0.05) is 24.7 Å². The van der Waals surface area contributed by atoms with Crippen LogP contribution in [0.15, 0.2) is 71.6 Å². The van der Waals surface area contributed by atoms with Gasteiger partial charge in [-0.1, -0.05) is 41.4 Å². The molecule has 3 aromatic carbocycles. The first kappa shape index (κ1) is 22.1. The first-order chi connectivity index (χ1) is 14.2. The second-order valence-corrected chi connectivity index (χ2v) is 9.41. The molecule has 9 heteroatoms. The summed E-state index contributed by atoms with van der Waals surface area (Å²) < 4.78 is 31.8. The van der Waals surface area contributed by atoms with Gasteiger partial charge in [0.1, 0.15) is 10.6 Å². The fourth-order valence-electron chi connectivity index (χ4n) is 2.54. The number of amides is 1. The molecule has 0 aliphatic carbocycles. The maximum absolute atomic E-state index is 12.8. The average molecular weight is 465 g/mol. The van der Waals surface area contributed by atoms with E-state index < -0.39 is 15.9 Å². The van der Waals surface area contributed by atoms with Gasteiger partial charge in [-0.3, -0.25) is 4.79 Å². The van der Waals surface area contributed by atoms with E-state index in [1.165, 1.54) is 32.3 Å². The van der Waals surface area contributed by atoms with Crippen LogP contribution in [0.4, 0.5) is 5.69 Å². The van der Waals surface area contributed by atoms with Crippen LogP contribution in [0.2, 0.25) is 10.0 Å². The van der Waals surface area contributed by atoms with Crippen LogP contribution in [0.3, 0.4) is 0 Å². The van der Waals surface area contributed by atoms with E-state index in [0.717, 1.165) is 4.31 Å². The van der Waals surface area contributed by atoms with Crippen molar-refractivity contribution in [1.29, 1.82) is 0 Å². The molecule has 0 bridgehead atoms. The number of nitrogens with zero attached hydrogens (tertiary/aromatic N) is 1. The Labute approximate surface area is 185 Å². The molecule has 0 saturated heterocycles. The Morgan fingerprint density at radius 3 is 2.33 bits per heavy atom. The number of carbonyl (C=O) groups is 1. The van der Waals surface area contributed by atoms with Crippen molar-refractivity contribution in [2.45, 2.75) is 4.90 Å². The van der Waals surface area contributed by atoms with Crippen molar-refractivity contribution in [3.05, 3.63) is 82.3 Å². The summed E-state index contributed by atoms with van der Waals surface area (Å²) in [5.41, 5.74) is 0.453. The molecule has 0 fully saturated rings. The highest BCUT2D eigenvalue weighted by Crippen LogP contribution is 2.33. The number of hydrogen-bond donors (Lipinski definition) is 1. The summed E-state index contributed by atoms with van der Waals surface area (Å²) in [6, 6.07) is 17.9. The van der Waals surface area contributed by atoms with Crippen LogP contribution in [0, 0.1) is 0 Å². The van der Waals surface area contributed by atoms with E-state index >= 15 is 0 Å². The zero-order chi connectivity index (χ0) is 21.9. The summed E-state index contributed by atoms with van der Waals surface area (Å²) in [5, 5.41) is 3.14. The van der Waals surface area contributed by atoms with E-state index in [-0.39, 0.29) is 15.5 Å². The monoisotopic (exact) mass is 464 g/mol. The number of anilines is 1. The number of nitrogens with one attached hydrogen (secondary N) is 1. The Balaban J connectivity index is 1.92. The Hall–Kier alpha value is -2.58. The quantitative estimate of drug-likeness (QED) is 0.537.